The molecule has 0 aromatic carbocycles. The zero-order valence-corrected chi connectivity index (χ0v) is 14.6. The van der Waals surface area contributed by atoms with Crippen molar-refractivity contribution in [1.29, 1.82) is 0 Å². The van der Waals surface area contributed by atoms with Crippen molar-refractivity contribution >= 4 is 23.3 Å². The van der Waals surface area contributed by atoms with E-state index in [1.807, 2.05) is 14.1 Å². The first kappa shape index (κ1) is 18.7. The van der Waals surface area contributed by atoms with E-state index in [1.165, 1.54) is 0 Å². The minimum Gasteiger partial charge on any atom is -0.396 e. The lowest BCUT2D eigenvalue weighted by molar-refractivity contribution is 0.0907. The van der Waals surface area contributed by atoms with Gasteiger partial charge in [-0.1, -0.05) is 25.4 Å². The second kappa shape index (κ2) is 8.34. The summed E-state index contributed by atoms with van der Waals surface area (Å²) in [5.41, 5.74) is 0.430. The largest absolute Gasteiger partial charge is 0.396 e. The van der Waals surface area contributed by atoms with E-state index in [9.17, 15) is 9.90 Å². The maximum atomic E-state index is 12.4. The lowest BCUT2D eigenvalue weighted by atomic mass is 9.79. The van der Waals surface area contributed by atoms with Gasteiger partial charge in [-0.25, -0.2) is 4.98 Å². The van der Waals surface area contributed by atoms with Crippen LogP contribution in [-0.2, 0) is 0 Å². The van der Waals surface area contributed by atoms with Gasteiger partial charge in [0.1, 0.15) is 11.0 Å². The van der Waals surface area contributed by atoms with Gasteiger partial charge in [-0.3, -0.25) is 4.79 Å². The first-order chi connectivity index (χ1) is 10.4. The molecule has 0 unspecified atom stereocenters. The van der Waals surface area contributed by atoms with Crippen molar-refractivity contribution in [3.05, 3.63) is 22.8 Å². The molecule has 124 valence electrons. The van der Waals surface area contributed by atoms with Crippen LogP contribution in [0.1, 0.15) is 43.5 Å². The molecule has 1 rings (SSSR count). The Hall–Kier alpha value is -1.33. The lowest BCUT2D eigenvalue weighted by Crippen LogP contribution is -2.37. The third-order valence-corrected chi connectivity index (χ3v) is 4.46. The van der Waals surface area contributed by atoms with Crippen LogP contribution in [0.4, 0.5) is 5.82 Å². The van der Waals surface area contributed by atoms with Crippen LogP contribution in [0.5, 0.6) is 0 Å². The van der Waals surface area contributed by atoms with Crippen LogP contribution in [0.3, 0.4) is 0 Å². The Bertz CT molecular complexity index is 502. The number of aromatic nitrogens is 1. The van der Waals surface area contributed by atoms with Gasteiger partial charge in [0.15, 0.2) is 0 Å². The summed E-state index contributed by atoms with van der Waals surface area (Å²) in [5.74, 6) is 0.474. The van der Waals surface area contributed by atoms with E-state index in [0.29, 0.717) is 29.5 Å². The molecule has 0 aliphatic rings. The predicted octanol–water partition coefficient (Wildman–Crippen LogP) is 2.72. The molecular weight excluding hydrogens is 302 g/mol. The Morgan fingerprint density at radius 2 is 2.00 bits per heavy atom. The van der Waals surface area contributed by atoms with E-state index in [1.54, 1.807) is 17.0 Å². The molecule has 1 aromatic rings. The van der Waals surface area contributed by atoms with Gasteiger partial charge >= 0.3 is 0 Å². The Morgan fingerprint density at radius 1 is 1.36 bits per heavy atom. The summed E-state index contributed by atoms with van der Waals surface area (Å²) in [6.45, 7) is 4.83. The molecule has 6 heteroatoms. The lowest BCUT2D eigenvalue weighted by Gasteiger charge is -2.31. The van der Waals surface area contributed by atoms with Crippen LogP contribution >= 0.6 is 11.6 Å². The molecule has 22 heavy (non-hydrogen) atoms. The third-order valence-electron chi connectivity index (χ3n) is 4.27. The molecule has 0 fully saturated rings. The first-order valence-corrected chi connectivity index (χ1v) is 7.99. The van der Waals surface area contributed by atoms with Gasteiger partial charge in [-0.15, -0.1) is 0 Å². The maximum absolute atomic E-state index is 12.4. The molecule has 5 nitrogen and oxygen atoms in total. The van der Waals surface area contributed by atoms with Crippen molar-refractivity contribution in [2.24, 2.45) is 5.41 Å². The Kier molecular flexibility index (Phi) is 7.10. The van der Waals surface area contributed by atoms with Crippen LogP contribution in [0, 0.1) is 5.41 Å². The number of carbonyl (C=O) groups excluding carboxylic acids is 1. The fraction of sp³-hybridized carbons (Fsp3) is 0.625. The van der Waals surface area contributed by atoms with Crippen molar-refractivity contribution in [1.82, 2.24) is 10.3 Å². The number of carbonyl (C=O) groups is 1. The number of nitrogens with one attached hydrogen (secondary N) is 1. The Morgan fingerprint density at radius 3 is 2.50 bits per heavy atom. The van der Waals surface area contributed by atoms with Crippen molar-refractivity contribution < 1.29 is 9.90 Å². The molecule has 1 heterocycles. The summed E-state index contributed by atoms with van der Waals surface area (Å²) in [6.07, 6.45) is 2.50. The summed E-state index contributed by atoms with van der Waals surface area (Å²) < 4.78 is 0. The van der Waals surface area contributed by atoms with Crippen molar-refractivity contribution in [3.8, 4) is 0 Å². The molecule has 0 atom stereocenters. The number of aliphatic hydroxyl groups excluding tert-OH is 1. The smallest absolute Gasteiger partial charge is 0.251 e. The molecule has 0 aliphatic carbocycles. The molecule has 1 aromatic heterocycles. The highest BCUT2D eigenvalue weighted by Gasteiger charge is 2.26. The summed E-state index contributed by atoms with van der Waals surface area (Å²) >= 11 is 5.98. The van der Waals surface area contributed by atoms with Crippen LogP contribution in [0.15, 0.2) is 12.1 Å². The number of rotatable bonds is 8. The van der Waals surface area contributed by atoms with Crippen LogP contribution in [0.2, 0.25) is 5.15 Å². The fourth-order valence-electron chi connectivity index (χ4n) is 2.39. The number of aliphatic hydroxyl groups is 1. The van der Waals surface area contributed by atoms with Gasteiger partial charge in [-0.05, 0) is 36.8 Å². The quantitative estimate of drug-likeness (QED) is 0.720. The van der Waals surface area contributed by atoms with Crippen molar-refractivity contribution in [2.75, 3.05) is 32.1 Å². The monoisotopic (exact) mass is 327 g/mol. The predicted molar refractivity (Wildman–Crippen MR) is 90.6 cm³/mol. The normalized spacial score (nSPS) is 11.4. The van der Waals surface area contributed by atoms with Gasteiger partial charge < -0.3 is 15.3 Å². The molecule has 1 amide bonds. The number of pyridine rings is 1. The zero-order valence-electron chi connectivity index (χ0n) is 13.8. The van der Waals surface area contributed by atoms with E-state index in [-0.39, 0.29) is 17.9 Å². The molecule has 0 saturated carbocycles. The standard InChI is InChI=1S/C16H26ClN3O2/c1-5-16(6-2,7-8-21)11-18-15(22)12-9-13(17)19-14(10-12)20(3)4/h9-10,21H,5-8,11H2,1-4H3,(H,18,22). The van der Waals surface area contributed by atoms with E-state index < -0.39 is 0 Å². The van der Waals surface area contributed by atoms with Crippen molar-refractivity contribution in [2.45, 2.75) is 33.1 Å². The molecule has 0 aliphatic heterocycles. The number of anilines is 1. The Labute approximate surface area is 137 Å². The number of halogens is 1. The topological polar surface area (TPSA) is 65.5 Å². The molecular formula is C16H26ClN3O2. The number of nitrogens with zero attached hydrogens (tertiary/aromatic N) is 2. The van der Waals surface area contributed by atoms with Gasteiger partial charge in [0.2, 0.25) is 0 Å². The van der Waals surface area contributed by atoms with E-state index in [0.717, 1.165) is 12.8 Å². The summed E-state index contributed by atoms with van der Waals surface area (Å²) in [7, 11) is 3.70. The molecule has 0 spiro atoms. The molecule has 2 N–H and O–H groups in total. The second-order valence-electron chi connectivity index (χ2n) is 5.79. The summed E-state index contributed by atoms with van der Waals surface area (Å²) in [4.78, 5) is 18.3. The minimum absolute atomic E-state index is 0.0639. The highest BCUT2D eigenvalue weighted by Crippen LogP contribution is 2.29. The van der Waals surface area contributed by atoms with E-state index in [2.05, 4.69) is 24.1 Å². The fourth-order valence-corrected chi connectivity index (χ4v) is 2.60. The third kappa shape index (κ3) is 4.85. The molecule has 0 radical (unpaired) electrons. The zero-order chi connectivity index (χ0) is 16.8. The average Bonchev–Trinajstić information content (AvgIpc) is 2.50. The van der Waals surface area contributed by atoms with Gasteiger partial charge in [0.25, 0.3) is 5.91 Å². The highest BCUT2D eigenvalue weighted by molar-refractivity contribution is 6.29. The van der Waals surface area contributed by atoms with Crippen LogP contribution < -0.4 is 10.2 Å². The minimum atomic E-state index is -0.170. The van der Waals surface area contributed by atoms with Gasteiger partial charge in [0, 0.05) is 32.8 Å². The average molecular weight is 328 g/mol. The van der Waals surface area contributed by atoms with E-state index in [4.69, 9.17) is 11.6 Å². The highest BCUT2D eigenvalue weighted by atomic mass is 35.5. The molecule has 0 bridgehead atoms. The SMILES string of the molecule is CCC(CC)(CCO)CNC(=O)c1cc(Cl)nc(N(C)C)c1. The van der Waals surface area contributed by atoms with Gasteiger partial charge in [-0.2, -0.15) is 0 Å². The van der Waals surface area contributed by atoms with Crippen LogP contribution in [0.25, 0.3) is 0 Å². The van der Waals surface area contributed by atoms with E-state index >= 15 is 0 Å². The summed E-state index contributed by atoms with van der Waals surface area (Å²) in [6, 6.07) is 3.28. The van der Waals surface area contributed by atoms with Gasteiger partial charge in [0.05, 0.1) is 0 Å². The van der Waals surface area contributed by atoms with Crippen molar-refractivity contribution in [3.63, 3.8) is 0 Å². The molecule has 0 saturated heterocycles. The number of hydrogen-bond donors (Lipinski definition) is 2. The van der Waals surface area contributed by atoms with Crippen LogP contribution in [-0.4, -0.2) is 43.2 Å². The maximum Gasteiger partial charge on any atom is 0.251 e. The Balaban J connectivity index is 2.85. The first-order valence-electron chi connectivity index (χ1n) is 7.61. The summed E-state index contributed by atoms with van der Waals surface area (Å²) in [5, 5.41) is 12.5. The second-order valence-corrected chi connectivity index (χ2v) is 6.18. The number of amides is 1. The number of hydrogen-bond acceptors (Lipinski definition) is 4.